The smallest absolute Gasteiger partial charge is 0.251 e. The SMILES string of the molecule is CCc1cc(C(=O)NCC2(C)CC2)cc(Cl)n1. The fourth-order valence-corrected chi connectivity index (χ4v) is 1.88. The quantitative estimate of drug-likeness (QED) is 0.838. The second-order valence-electron chi connectivity index (χ2n) is 5.02. The molecule has 0 atom stereocenters. The van der Waals surface area contributed by atoms with E-state index in [1.54, 1.807) is 12.1 Å². The predicted octanol–water partition coefficient (Wildman–Crippen LogP) is 2.83. The van der Waals surface area contributed by atoms with Crippen molar-refractivity contribution in [1.82, 2.24) is 10.3 Å². The summed E-state index contributed by atoms with van der Waals surface area (Å²) in [5, 5.41) is 3.34. The molecule has 1 aromatic heterocycles. The second-order valence-corrected chi connectivity index (χ2v) is 5.40. The monoisotopic (exact) mass is 252 g/mol. The van der Waals surface area contributed by atoms with Gasteiger partial charge in [0.05, 0.1) is 0 Å². The zero-order valence-corrected chi connectivity index (χ0v) is 11.0. The van der Waals surface area contributed by atoms with E-state index in [0.717, 1.165) is 18.7 Å². The van der Waals surface area contributed by atoms with Crippen molar-refractivity contribution in [2.24, 2.45) is 5.41 Å². The third kappa shape index (κ3) is 3.19. The summed E-state index contributed by atoms with van der Waals surface area (Å²) in [6, 6.07) is 3.42. The number of carbonyl (C=O) groups excluding carboxylic acids is 1. The van der Waals surface area contributed by atoms with Crippen molar-refractivity contribution in [3.8, 4) is 0 Å². The van der Waals surface area contributed by atoms with Crippen molar-refractivity contribution >= 4 is 17.5 Å². The highest BCUT2D eigenvalue weighted by Crippen LogP contribution is 2.44. The van der Waals surface area contributed by atoms with E-state index in [-0.39, 0.29) is 5.91 Å². The fraction of sp³-hybridized carbons (Fsp3) is 0.538. The molecule has 0 spiro atoms. The number of hydrogen-bond acceptors (Lipinski definition) is 2. The predicted molar refractivity (Wildman–Crippen MR) is 68.3 cm³/mol. The average Bonchev–Trinajstić information content (AvgIpc) is 3.04. The van der Waals surface area contributed by atoms with Gasteiger partial charge in [0.1, 0.15) is 5.15 Å². The molecular formula is C13H17ClN2O. The number of nitrogens with zero attached hydrogens (tertiary/aromatic N) is 1. The summed E-state index contributed by atoms with van der Waals surface area (Å²) < 4.78 is 0. The maximum atomic E-state index is 11.9. The lowest BCUT2D eigenvalue weighted by atomic mass is 10.1. The number of aryl methyl sites for hydroxylation is 1. The maximum Gasteiger partial charge on any atom is 0.251 e. The minimum atomic E-state index is -0.0582. The van der Waals surface area contributed by atoms with E-state index in [1.807, 2.05) is 6.92 Å². The Balaban J connectivity index is 2.04. The van der Waals surface area contributed by atoms with Gasteiger partial charge in [-0.25, -0.2) is 4.98 Å². The first kappa shape index (κ1) is 12.4. The van der Waals surface area contributed by atoms with Gasteiger partial charge in [-0.3, -0.25) is 4.79 Å². The van der Waals surface area contributed by atoms with E-state index in [2.05, 4.69) is 17.2 Å². The first-order chi connectivity index (χ1) is 8.02. The van der Waals surface area contributed by atoms with Gasteiger partial charge in [0.25, 0.3) is 5.91 Å². The van der Waals surface area contributed by atoms with Crippen LogP contribution in [0.25, 0.3) is 0 Å². The number of amides is 1. The van der Waals surface area contributed by atoms with Gasteiger partial charge in [0, 0.05) is 17.8 Å². The number of pyridine rings is 1. The Labute approximate surface area is 107 Å². The van der Waals surface area contributed by atoms with Gasteiger partial charge in [-0.15, -0.1) is 0 Å². The number of aromatic nitrogens is 1. The van der Waals surface area contributed by atoms with Crippen LogP contribution in [0.15, 0.2) is 12.1 Å². The molecule has 17 heavy (non-hydrogen) atoms. The summed E-state index contributed by atoms with van der Waals surface area (Å²) in [5.41, 5.74) is 1.77. The van der Waals surface area contributed by atoms with Crippen molar-refractivity contribution in [3.05, 3.63) is 28.5 Å². The molecule has 0 unspecified atom stereocenters. The van der Waals surface area contributed by atoms with E-state index in [0.29, 0.717) is 16.1 Å². The van der Waals surface area contributed by atoms with Gasteiger partial charge >= 0.3 is 0 Å². The number of carbonyl (C=O) groups is 1. The lowest BCUT2D eigenvalue weighted by molar-refractivity contribution is 0.0946. The van der Waals surface area contributed by atoms with Gasteiger partial charge in [0.2, 0.25) is 0 Å². The topological polar surface area (TPSA) is 42.0 Å². The molecule has 2 rings (SSSR count). The van der Waals surface area contributed by atoms with E-state index in [1.165, 1.54) is 12.8 Å². The normalized spacial score (nSPS) is 16.6. The zero-order valence-electron chi connectivity index (χ0n) is 10.2. The van der Waals surface area contributed by atoms with E-state index >= 15 is 0 Å². The number of nitrogens with one attached hydrogen (secondary N) is 1. The molecule has 4 heteroatoms. The molecule has 0 aromatic carbocycles. The zero-order chi connectivity index (χ0) is 12.5. The standard InChI is InChI=1S/C13H17ClN2O/c1-3-10-6-9(7-11(14)16-10)12(17)15-8-13(2)4-5-13/h6-7H,3-5,8H2,1-2H3,(H,15,17). The Bertz CT molecular complexity index is 441. The van der Waals surface area contributed by atoms with Gasteiger partial charge in [-0.2, -0.15) is 0 Å². The molecule has 1 amide bonds. The van der Waals surface area contributed by atoms with Crippen molar-refractivity contribution in [2.75, 3.05) is 6.54 Å². The molecule has 0 aliphatic heterocycles. The van der Waals surface area contributed by atoms with Crippen molar-refractivity contribution in [3.63, 3.8) is 0 Å². The number of halogens is 1. The average molecular weight is 253 g/mol. The van der Waals surface area contributed by atoms with Crippen LogP contribution in [0.4, 0.5) is 0 Å². The van der Waals surface area contributed by atoms with Gasteiger partial charge in [-0.1, -0.05) is 25.4 Å². The summed E-state index contributed by atoms with van der Waals surface area (Å²) in [6.45, 7) is 4.92. The number of rotatable bonds is 4. The molecule has 1 heterocycles. The summed E-state index contributed by atoms with van der Waals surface area (Å²) in [7, 11) is 0. The second kappa shape index (κ2) is 4.65. The Morgan fingerprint density at radius 3 is 2.82 bits per heavy atom. The van der Waals surface area contributed by atoms with Crippen LogP contribution in [0, 0.1) is 5.41 Å². The molecule has 1 saturated carbocycles. The van der Waals surface area contributed by atoms with Gasteiger partial charge in [-0.05, 0) is 36.8 Å². The van der Waals surface area contributed by atoms with Crippen molar-refractivity contribution < 1.29 is 4.79 Å². The van der Waals surface area contributed by atoms with E-state index in [9.17, 15) is 4.79 Å². The lowest BCUT2D eigenvalue weighted by Gasteiger charge is -2.10. The van der Waals surface area contributed by atoms with Crippen LogP contribution in [0.2, 0.25) is 5.15 Å². The first-order valence-corrected chi connectivity index (χ1v) is 6.35. The third-order valence-corrected chi connectivity index (χ3v) is 3.44. The minimum Gasteiger partial charge on any atom is -0.351 e. The van der Waals surface area contributed by atoms with Crippen molar-refractivity contribution in [2.45, 2.75) is 33.1 Å². The van der Waals surface area contributed by atoms with Gasteiger partial charge in [0.15, 0.2) is 0 Å². The van der Waals surface area contributed by atoms with Gasteiger partial charge < -0.3 is 5.32 Å². The maximum absolute atomic E-state index is 11.9. The largest absolute Gasteiger partial charge is 0.351 e. The molecule has 1 N–H and O–H groups in total. The molecule has 0 bridgehead atoms. The molecule has 0 radical (unpaired) electrons. The number of hydrogen-bond donors (Lipinski definition) is 1. The van der Waals surface area contributed by atoms with Crippen LogP contribution < -0.4 is 5.32 Å². The third-order valence-electron chi connectivity index (χ3n) is 3.25. The van der Waals surface area contributed by atoms with Crippen molar-refractivity contribution in [1.29, 1.82) is 0 Å². The summed E-state index contributed by atoms with van der Waals surface area (Å²) >= 11 is 5.88. The Morgan fingerprint density at radius 2 is 2.24 bits per heavy atom. The molecule has 92 valence electrons. The summed E-state index contributed by atoms with van der Waals surface area (Å²) in [4.78, 5) is 16.1. The fourth-order valence-electron chi connectivity index (χ4n) is 1.65. The van der Waals surface area contributed by atoms with E-state index in [4.69, 9.17) is 11.6 Å². The molecular weight excluding hydrogens is 236 g/mol. The Kier molecular flexibility index (Phi) is 3.38. The Morgan fingerprint density at radius 1 is 1.53 bits per heavy atom. The van der Waals surface area contributed by atoms with Crippen LogP contribution in [0.5, 0.6) is 0 Å². The van der Waals surface area contributed by atoms with Crippen LogP contribution in [-0.4, -0.2) is 17.4 Å². The van der Waals surface area contributed by atoms with Crippen LogP contribution in [-0.2, 0) is 6.42 Å². The molecule has 1 aliphatic carbocycles. The molecule has 1 aromatic rings. The van der Waals surface area contributed by atoms with Crippen LogP contribution in [0.3, 0.4) is 0 Å². The molecule has 1 aliphatic rings. The minimum absolute atomic E-state index is 0.0582. The molecule has 0 saturated heterocycles. The van der Waals surface area contributed by atoms with E-state index < -0.39 is 0 Å². The highest BCUT2D eigenvalue weighted by molar-refractivity contribution is 6.29. The first-order valence-electron chi connectivity index (χ1n) is 5.97. The highest BCUT2D eigenvalue weighted by atomic mass is 35.5. The summed E-state index contributed by atoms with van der Waals surface area (Å²) in [6.07, 6.45) is 3.17. The highest BCUT2D eigenvalue weighted by Gasteiger charge is 2.37. The van der Waals surface area contributed by atoms with Crippen LogP contribution in [0.1, 0.15) is 42.7 Å². The van der Waals surface area contributed by atoms with Crippen LogP contribution >= 0.6 is 11.6 Å². The molecule has 3 nitrogen and oxygen atoms in total. The lowest BCUT2D eigenvalue weighted by Crippen LogP contribution is -2.29. The summed E-state index contributed by atoms with van der Waals surface area (Å²) in [5.74, 6) is -0.0582. The molecule has 1 fully saturated rings. The Hall–Kier alpha value is -1.09.